The molecule has 1 heterocycles. The van der Waals surface area contributed by atoms with Gasteiger partial charge in [0.2, 0.25) is 5.91 Å². The van der Waals surface area contributed by atoms with Crippen LogP contribution in [0, 0.1) is 6.92 Å². The van der Waals surface area contributed by atoms with Gasteiger partial charge in [0.15, 0.2) is 0 Å². The number of aromatic nitrogens is 2. The van der Waals surface area contributed by atoms with E-state index >= 15 is 0 Å². The van der Waals surface area contributed by atoms with Crippen molar-refractivity contribution in [3.05, 3.63) is 29.5 Å². The summed E-state index contributed by atoms with van der Waals surface area (Å²) in [7, 11) is 1.93. The van der Waals surface area contributed by atoms with E-state index in [4.69, 9.17) is 0 Å². The molecule has 1 N–H and O–H groups in total. The average Bonchev–Trinajstić information content (AvgIpc) is 2.56. The molecule has 0 aliphatic rings. The first-order valence-electron chi connectivity index (χ1n) is 6.04. The van der Waals surface area contributed by atoms with E-state index in [1.807, 2.05) is 37.7 Å². The second-order valence-electron chi connectivity index (χ2n) is 5.25. The summed E-state index contributed by atoms with van der Waals surface area (Å²) in [5.74, 6) is -0.0496. The quantitative estimate of drug-likeness (QED) is 0.882. The Morgan fingerprint density at radius 3 is 2.67 bits per heavy atom. The van der Waals surface area contributed by atoms with E-state index in [0.29, 0.717) is 0 Å². The highest BCUT2D eigenvalue weighted by Gasteiger charge is 2.27. The molecule has 0 aliphatic heterocycles. The van der Waals surface area contributed by atoms with Crippen LogP contribution in [0.4, 0.5) is 0 Å². The summed E-state index contributed by atoms with van der Waals surface area (Å²) in [6, 6.07) is 6.14. The van der Waals surface area contributed by atoms with Crippen molar-refractivity contribution in [1.82, 2.24) is 15.1 Å². The molecule has 96 valence electrons. The number of nitrogens with one attached hydrogen (secondary N) is 1. The fourth-order valence-electron chi connectivity index (χ4n) is 2.49. The second kappa shape index (κ2) is 4.12. The Balaban J connectivity index is 2.66. The van der Waals surface area contributed by atoms with E-state index in [1.165, 1.54) is 12.5 Å². The lowest BCUT2D eigenvalue weighted by atomic mass is 9.96. The molecule has 0 fully saturated rings. The molecule has 4 heteroatoms. The lowest BCUT2D eigenvalue weighted by Gasteiger charge is -2.23. The maximum atomic E-state index is 11.3. The Bertz CT molecular complexity index is 611. The van der Waals surface area contributed by atoms with Crippen LogP contribution >= 0.6 is 0 Å². The Hall–Kier alpha value is -1.84. The van der Waals surface area contributed by atoms with Crippen LogP contribution in [-0.4, -0.2) is 15.7 Å². The predicted molar refractivity (Wildman–Crippen MR) is 72.3 cm³/mol. The molecule has 18 heavy (non-hydrogen) atoms. The van der Waals surface area contributed by atoms with Gasteiger partial charge < -0.3 is 5.32 Å². The predicted octanol–water partition coefficient (Wildman–Crippen LogP) is 2.25. The van der Waals surface area contributed by atoms with E-state index in [0.717, 1.165) is 16.6 Å². The summed E-state index contributed by atoms with van der Waals surface area (Å²) in [6.07, 6.45) is 0. The van der Waals surface area contributed by atoms with Crippen LogP contribution in [0.5, 0.6) is 0 Å². The number of benzene rings is 1. The van der Waals surface area contributed by atoms with Gasteiger partial charge in [0, 0.05) is 19.4 Å². The van der Waals surface area contributed by atoms with Crippen molar-refractivity contribution < 1.29 is 4.79 Å². The van der Waals surface area contributed by atoms with Crippen molar-refractivity contribution in [2.24, 2.45) is 7.05 Å². The summed E-state index contributed by atoms with van der Waals surface area (Å²) in [6.45, 7) is 7.54. The summed E-state index contributed by atoms with van der Waals surface area (Å²) < 4.78 is 1.88. The third-order valence-corrected chi connectivity index (χ3v) is 3.15. The number of para-hydroxylation sites is 1. The first kappa shape index (κ1) is 12.6. The molecular weight excluding hydrogens is 226 g/mol. The van der Waals surface area contributed by atoms with E-state index in [-0.39, 0.29) is 5.91 Å². The zero-order valence-electron chi connectivity index (χ0n) is 11.5. The molecule has 1 amide bonds. The van der Waals surface area contributed by atoms with Crippen molar-refractivity contribution in [2.45, 2.75) is 33.2 Å². The van der Waals surface area contributed by atoms with Crippen LogP contribution in [0.3, 0.4) is 0 Å². The Morgan fingerprint density at radius 2 is 2.06 bits per heavy atom. The van der Waals surface area contributed by atoms with Crippen LogP contribution in [-0.2, 0) is 17.4 Å². The standard InChI is InChI=1S/C14H19N3O/c1-9-7-6-8-11-12(9)17(5)16-13(11)14(3,4)15-10(2)18/h6-8H,1-5H3,(H,15,18). The van der Waals surface area contributed by atoms with Crippen LogP contribution in [0.25, 0.3) is 10.9 Å². The molecule has 1 aromatic carbocycles. The second-order valence-corrected chi connectivity index (χ2v) is 5.25. The van der Waals surface area contributed by atoms with Gasteiger partial charge in [-0.05, 0) is 26.3 Å². The highest BCUT2D eigenvalue weighted by atomic mass is 16.1. The van der Waals surface area contributed by atoms with Crippen molar-refractivity contribution in [1.29, 1.82) is 0 Å². The highest BCUT2D eigenvalue weighted by molar-refractivity contribution is 5.86. The molecule has 0 spiro atoms. The van der Waals surface area contributed by atoms with Gasteiger partial charge in [-0.3, -0.25) is 9.48 Å². The van der Waals surface area contributed by atoms with E-state index in [2.05, 4.69) is 23.4 Å². The summed E-state index contributed by atoms with van der Waals surface area (Å²) in [4.78, 5) is 11.3. The number of amides is 1. The van der Waals surface area contributed by atoms with Crippen LogP contribution in [0.1, 0.15) is 32.0 Å². The van der Waals surface area contributed by atoms with Gasteiger partial charge in [-0.2, -0.15) is 5.10 Å². The smallest absolute Gasteiger partial charge is 0.217 e. The monoisotopic (exact) mass is 245 g/mol. The SMILES string of the molecule is CC(=O)NC(C)(C)c1nn(C)c2c(C)cccc12. The number of nitrogens with zero attached hydrogens (tertiary/aromatic N) is 2. The normalized spacial score (nSPS) is 11.8. The number of hydrogen-bond acceptors (Lipinski definition) is 2. The van der Waals surface area contributed by atoms with Crippen molar-refractivity contribution >= 4 is 16.8 Å². The number of carbonyl (C=O) groups excluding carboxylic acids is 1. The minimum atomic E-state index is -0.473. The fraction of sp³-hybridized carbons (Fsp3) is 0.429. The molecule has 0 unspecified atom stereocenters. The Kier molecular flexibility index (Phi) is 2.89. The van der Waals surface area contributed by atoms with Gasteiger partial charge in [0.05, 0.1) is 16.7 Å². The molecule has 0 saturated carbocycles. The van der Waals surface area contributed by atoms with Crippen molar-refractivity contribution in [2.75, 3.05) is 0 Å². The number of rotatable bonds is 2. The zero-order valence-corrected chi connectivity index (χ0v) is 11.5. The molecular formula is C14H19N3O. The third kappa shape index (κ3) is 1.98. The van der Waals surface area contributed by atoms with Gasteiger partial charge in [0.1, 0.15) is 0 Å². The molecule has 4 nitrogen and oxygen atoms in total. The molecule has 0 radical (unpaired) electrons. The lowest BCUT2D eigenvalue weighted by molar-refractivity contribution is -0.120. The highest BCUT2D eigenvalue weighted by Crippen LogP contribution is 2.29. The number of fused-ring (bicyclic) bond motifs is 1. The van der Waals surface area contributed by atoms with Gasteiger partial charge in [-0.1, -0.05) is 18.2 Å². The number of carbonyl (C=O) groups is 1. The maximum absolute atomic E-state index is 11.3. The van der Waals surface area contributed by atoms with Crippen molar-refractivity contribution in [3.63, 3.8) is 0 Å². The minimum absolute atomic E-state index is 0.0496. The first-order valence-corrected chi connectivity index (χ1v) is 6.04. The molecule has 0 bridgehead atoms. The largest absolute Gasteiger partial charge is 0.346 e. The summed E-state index contributed by atoms with van der Waals surface area (Å²) >= 11 is 0. The maximum Gasteiger partial charge on any atom is 0.217 e. The van der Waals surface area contributed by atoms with Gasteiger partial charge in [-0.25, -0.2) is 0 Å². The fourth-order valence-corrected chi connectivity index (χ4v) is 2.49. The van der Waals surface area contributed by atoms with Crippen LogP contribution in [0.2, 0.25) is 0 Å². The molecule has 0 saturated heterocycles. The third-order valence-electron chi connectivity index (χ3n) is 3.15. The Morgan fingerprint density at radius 1 is 1.39 bits per heavy atom. The Labute approximate surface area is 107 Å². The van der Waals surface area contributed by atoms with Gasteiger partial charge in [-0.15, -0.1) is 0 Å². The molecule has 1 aromatic heterocycles. The molecule has 0 aliphatic carbocycles. The molecule has 0 atom stereocenters. The number of aryl methyl sites for hydroxylation is 2. The molecule has 2 aromatic rings. The number of hydrogen-bond donors (Lipinski definition) is 1. The lowest BCUT2D eigenvalue weighted by Crippen LogP contribution is -2.40. The van der Waals surface area contributed by atoms with E-state index in [9.17, 15) is 4.79 Å². The summed E-state index contributed by atoms with van der Waals surface area (Å²) in [5.41, 5.74) is 2.73. The van der Waals surface area contributed by atoms with Gasteiger partial charge in [0.25, 0.3) is 0 Å². The van der Waals surface area contributed by atoms with Gasteiger partial charge >= 0.3 is 0 Å². The van der Waals surface area contributed by atoms with Crippen LogP contribution in [0.15, 0.2) is 18.2 Å². The zero-order chi connectivity index (χ0) is 13.5. The first-order chi connectivity index (χ1) is 8.33. The molecule has 2 rings (SSSR count). The average molecular weight is 245 g/mol. The van der Waals surface area contributed by atoms with E-state index in [1.54, 1.807) is 0 Å². The topological polar surface area (TPSA) is 46.9 Å². The van der Waals surface area contributed by atoms with Crippen LogP contribution < -0.4 is 5.32 Å². The van der Waals surface area contributed by atoms with Crippen molar-refractivity contribution in [3.8, 4) is 0 Å². The minimum Gasteiger partial charge on any atom is -0.346 e. The van der Waals surface area contributed by atoms with E-state index < -0.39 is 5.54 Å². The summed E-state index contributed by atoms with van der Waals surface area (Å²) in [5, 5.41) is 8.62.